The number of esters is 1. The number of carbonyl (C=O) groups is 4. The van der Waals surface area contributed by atoms with Gasteiger partial charge in [-0.15, -0.1) is 0 Å². The number of alkyl carbamates (subject to hydrolysis) is 1. The summed E-state index contributed by atoms with van der Waals surface area (Å²) in [6, 6.07) is 7.56. The first-order valence-corrected chi connectivity index (χ1v) is 11.8. The third-order valence-corrected chi connectivity index (χ3v) is 4.87. The van der Waals surface area contributed by atoms with E-state index in [0.29, 0.717) is 0 Å². The predicted molar refractivity (Wildman–Crippen MR) is 138 cm³/mol. The highest BCUT2D eigenvalue weighted by Gasteiger charge is 2.28. The summed E-state index contributed by atoms with van der Waals surface area (Å²) < 4.78 is 11.2. The quantitative estimate of drug-likeness (QED) is 0.118. The van der Waals surface area contributed by atoms with Gasteiger partial charge in [0.05, 0.1) is 5.69 Å². The van der Waals surface area contributed by atoms with Crippen LogP contribution in [0, 0.1) is 0 Å². The Balaban J connectivity index is 2.01. The van der Waals surface area contributed by atoms with Crippen molar-refractivity contribution in [1.29, 1.82) is 0 Å². The zero-order chi connectivity index (χ0) is 29.2. The number of nitrogens with zero attached hydrogens (tertiary/aromatic N) is 2. The van der Waals surface area contributed by atoms with Crippen LogP contribution in [-0.2, 0) is 43.4 Å². The first-order valence-electron chi connectivity index (χ1n) is 11.8. The highest BCUT2D eigenvalue weighted by Crippen LogP contribution is 2.15. The second-order valence-electron chi connectivity index (χ2n) is 9.35. The standard InChI is InChI=1S/C24H33N7O8/c1-24(2,3)39-20(35)16(29-23(37)38-13-14-7-5-4-6-8-14)11-27-18(33)12-31-19(34)15(28-22(31)36)9-10-17(32)30-21(25)26/h4-8,16,34H,9-13H2,1-3H3,(H,27,33)(H,28,36)(H,29,37)(H4,25,26,30,32)/t16-/m0/s1. The van der Waals surface area contributed by atoms with Crippen molar-refractivity contribution in [3.8, 4) is 5.88 Å². The number of aromatic hydroxyl groups is 1. The number of aromatic nitrogens is 2. The van der Waals surface area contributed by atoms with Crippen molar-refractivity contribution in [3.63, 3.8) is 0 Å². The summed E-state index contributed by atoms with van der Waals surface area (Å²) in [5, 5.41) is 15.1. The summed E-state index contributed by atoms with van der Waals surface area (Å²) in [7, 11) is 0. The van der Waals surface area contributed by atoms with E-state index in [0.717, 1.165) is 10.1 Å². The Kier molecular flexibility index (Phi) is 10.6. The number of amides is 3. The number of aliphatic imine (C=N–C) groups is 1. The van der Waals surface area contributed by atoms with Gasteiger partial charge in [-0.2, -0.15) is 4.99 Å². The van der Waals surface area contributed by atoms with Crippen molar-refractivity contribution in [2.45, 2.75) is 58.4 Å². The minimum Gasteiger partial charge on any atom is -0.493 e. The molecule has 8 N–H and O–H groups in total. The molecule has 0 saturated heterocycles. The van der Waals surface area contributed by atoms with Gasteiger partial charge in [0.1, 0.15) is 24.8 Å². The van der Waals surface area contributed by atoms with E-state index in [1.807, 2.05) is 6.07 Å². The van der Waals surface area contributed by atoms with Crippen molar-refractivity contribution in [2.75, 3.05) is 6.54 Å². The van der Waals surface area contributed by atoms with Gasteiger partial charge >= 0.3 is 17.8 Å². The Morgan fingerprint density at radius 3 is 2.44 bits per heavy atom. The van der Waals surface area contributed by atoms with E-state index in [2.05, 4.69) is 20.6 Å². The Morgan fingerprint density at radius 1 is 1.15 bits per heavy atom. The normalized spacial score (nSPS) is 11.7. The number of carbonyl (C=O) groups excluding carboxylic acids is 4. The molecule has 15 nitrogen and oxygen atoms in total. The number of imidazole rings is 1. The summed E-state index contributed by atoms with van der Waals surface area (Å²) in [6.45, 7) is 3.85. The van der Waals surface area contributed by atoms with Crippen LogP contribution < -0.4 is 27.8 Å². The number of aromatic amines is 1. The Bertz CT molecular complexity index is 1260. The average Bonchev–Trinajstić information content (AvgIpc) is 3.10. The lowest BCUT2D eigenvalue weighted by molar-refractivity contribution is -0.157. The van der Waals surface area contributed by atoms with Gasteiger partial charge in [-0.3, -0.25) is 14.2 Å². The zero-order valence-corrected chi connectivity index (χ0v) is 21.9. The number of benzene rings is 1. The van der Waals surface area contributed by atoms with Gasteiger partial charge in [0.2, 0.25) is 17.7 Å². The Morgan fingerprint density at radius 2 is 1.82 bits per heavy atom. The summed E-state index contributed by atoms with van der Waals surface area (Å²) in [5.41, 5.74) is 9.31. The molecule has 0 saturated carbocycles. The first kappa shape index (κ1) is 30.4. The maximum Gasteiger partial charge on any atom is 0.408 e. The Hall–Kier alpha value is -4.82. The zero-order valence-electron chi connectivity index (χ0n) is 21.9. The number of hydrogen-bond acceptors (Lipinski definition) is 8. The van der Waals surface area contributed by atoms with Gasteiger partial charge in [-0.05, 0) is 26.3 Å². The van der Waals surface area contributed by atoms with Crippen LogP contribution in [0.5, 0.6) is 5.88 Å². The fraction of sp³-hybridized carbons (Fsp3) is 0.417. The monoisotopic (exact) mass is 547 g/mol. The number of nitrogens with one attached hydrogen (secondary N) is 3. The van der Waals surface area contributed by atoms with Crippen LogP contribution in [0.1, 0.15) is 38.4 Å². The van der Waals surface area contributed by atoms with E-state index >= 15 is 0 Å². The molecule has 3 amide bonds. The molecule has 0 aliphatic heterocycles. The SMILES string of the molecule is CC(C)(C)OC(=O)[C@H](CNC(=O)Cn1c(O)c(CCC(=O)N=C(N)N)[nH]c1=O)NC(=O)OCc1ccccc1. The molecule has 0 aliphatic rings. The van der Waals surface area contributed by atoms with E-state index in [9.17, 15) is 29.1 Å². The Labute approximate surface area is 223 Å². The molecule has 1 heterocycles. The van der Waals surface area contributed by atoms with E-state index < -0.39 is 66.1 Å². The van der Waals surface area contributed by atoms with Crippen LogP contribution in [-0.4, -0.2) is 62.7 Å². The molecule has 0 aliphatic carbocycles. The summed E-state index contributed by atoms with van der Waals surface area (Å²) >= 11 is 0. The second kappa shape index (κ2) is 13.6. The molecule has 2 rings (SSSR count). The highest BCUT2D eigenvalue weighted by atomic mass is 16.6. The van der Waals surface area contributed by atoms with Crippen LogP contribution in [0.15, 0.2) is 40.1 Å². The van der Waals surface area contributed by atoms with E-state index in [1.165, 1.54) is 0 Å². The third kappa shape index (κ3) is 10.6. The molecule has 1 aromatic carbocycles. The minimum atomic E-state index is -1.31. The maximum atomic E-state index is 12.6. The number of rotatable bonds is 11. The van der Waals surface area contributed by atoms with Gasteiger partial charge in [0.15, 0.2) is 5.96 Å². The molecule has 0 spiro atoms. The molecule has 0 radical (unpaired) electrons. The van der Waals surface area contributed by atoms with Crippen LogP contribution >= 0.6 is 0 Å². The lowest BCUT2D eigenvalue weighted by Gasteiger charge is -2.24. The largest absolute Gasteiger partial charge is 0.493 e. The summed E-state index contributed by atoms with van der Waals surface area (Å²) in [6.07, 6.45) is -1.22. The van der Waals surface area contributed by atoms with Crippen LogP contribution in [0.2, 0.25) is 0 Å². The fourth-order valence-corrected chi connectivity index (χ4v) is 3.15. The van der Waals surface area contributed by atoms with Gasteiger partial charge in [-0.1, -0.05) is 30.3 Å². The van der Waals surface area contributed by atoms with Crippen LogP contribution in [0.3, 0.4) is 0 Å². The molecule has 1 aromatic heterocycles. The van der Waals surface area contributed by atoms with E-state index in [1.54, 1.807) is 45.0 Å². The van der Waals surface area contributed by atoms with Crippen LogP contribution in [0.25, 0.3) is 0 Å². The van der Waals surface area contributed by atoms with E-state index in [-0.39, 0.29) is 25.1 Å². The molecule has 1 atom stereocenters. The lowest BCUT2D eigenvalue weighted by atomic mass is 10.2. The number of ether oxygens (including phenoxy) is 2. The molecule has 2 aromatic rings. The number of hydrogen-bond donors (Lipinski definition) is 6. The smallest absolute Gasteiger partial charge is 0.408 e. The van der Waals surface area contributed by atoms with Crippen molar-refractivity contribution in [2.24, 2.45) is 16.5 Å². The molecule has 0 fully saturated rings. The molecular weight excluding hydrogens is 514 g/mol. The third-order valence-electron chi connectivity index (χ3n) is 4.87. The lowest BCUT2D eigenvalue weighted by Crippen LogP contribution is -2.51. The number of nitrogens with two attached hydrogens (primary N) is 2. The van der Waals surface area contributed by atoms with Crippen molar-refractivity contribution in [1.82, 2.24) is 20.2 Å². The van der Waals surface area contributed by atoms with Gasteiger partial charge in [-0.25, -0.2) is 14.4 Å². The molecule has 39 heavy (non-hydrogen) atoms. The average molecular weight is 548 g/mol. The topological polar surface area (TPSA) is 233 Å². The number of guanidine groups is 1. The molecular formula is C24H33N7O8. The fourth-order valence-electron chi connectivity index (χ4n) is 3.15. The van der Waals surface area contributed by atoms with Crippen molar-refractivity contribution in [3.05, 3.63) is 52.1 Å². The van der Waals surface area contributed by atoms with E-state index in [4.69, 9.17) is 20.9 Å². The molecule has 0 unspecified atom stereocenters. The number of aryl methyl sites for hydroxylation is 1. The maximum absolute atomic E-state index is 12.6. The molecule has 212 valence electrons. The summed E-state index contributed by atoms with van der Waals surface area (Å²) in [5.74, 6) is -3.23. The molecule has 0 bridgehead atoms. The summed E-state index contributed by atoms with van der Waals surface area (Å²) in [4.78, 5) is 67.0. The minimum absolute atomic E-state index is 0.00130. The number of H-pyrrole nitrogens is 1. The van der Waals surface area contributed by atoms with Gasteiger partial charge in [0, 0.05) is 19.4 Å². The predicted octanol–water partition coefficient (Wildman–Crippen LogP) is -0.632. The highest BCUT2D eigenvalue weighted by molar-refractivity contribution is 5.91. The first-order chi connectivity index (χ1) is 18.2. The molecule has 15 heteroatoms. The van der Waals surface area contributed by atoms with Crippen molar-refractivity contribution >= 4 is 29.8 Å². The van der Waals surface area contributed by atoms with Gasteiger partial charge in [0.25, 0.3) is 0 Å². The van der Waals surface area contributed by atoms with Crippen LogP contribution in [0.4, 0.5) is 4.79 Å². The second-order valence-corrected chi connectivity index (χ2v) is 9.35. The van der Waals surface area contributed by atoms with Crippen molar-refractivity contribution < 1.29 is 33.8 Å². The van der Waals surface area contributed by atoms with Gasteiger partial charge < -0.3 is 41.7 Å².